The number of aromatic nitrogens is 2. The molecule has 0 bridgehead atoms. The third kappa shape index (κ3) is 4.00. The van der Waals surface area contributed by atoms with Gasteiger partial charge in [-0.3, -0.25) is 9.78 Å². The first-order valence-corrected chi connectivity index (χ1v) is 9.82. The second kappa shape index (κ2) is 7.98. The van der Waals surface area contributed by atoms with Crippen molar-refractivity contribution in [2.75, 3.05) is 20.3 Å². The van der Waals surface area contributed by atoms with Crippen molar-refractivity contribution in [1.82, 2.24) is 15.3 Å². The second-order valence-corrected chi connectivity index (χ2v) is 6.95. The first-order valence-electron chi connectivity index (χ1n) is 9.82. The monoisotopic (exact) mass is 417 g/mol. The Morgan fingerprint density at radius 3 is 2.74 bits per heavy atom. The topological polar surface area (TPSA) is 95.7 Å². The molecule has 0 radical (unpaired) electrons. The Hall–Kier alpha value is -4.07. The van der Waals surface area contributed by atoms with E-state index in [0.29, 0.717) is 42.6 Å². The van der Waals surface area contributed by atoms with Crippen molar-refractivity contribution in [3.8, 4) is 23.0 Å². The van der Waals surface area contributed by atoms with E-state index in [-0.39, 0.29) is 11.6 Å². The molecule has 5 rings (SSSR count). The van der Waals surface area contributed by atoms with E-state index < -0.39 is 0 Å². The molecule has 0 fully saturated rings. The van der Waals surface area contributed by atoms with Crippen LogP contribution in [-0.4, -0.2) is 36.1 Å². The SMILES string of the molecule is CNC(=O)c1cc(Oc2ccc3nc(Cc4ccc5c(c4)OCCO5)oc3c2)ccn1. The summed E-state index contributed by atoms with van der Waals surface area (Å²) in [6.45, 7) is 1.11. The number of carbonyl (C=O) groups excluding carboxylic acids is 1. The van der Waals surface area contributed by atoms with Gasteiger partial charge in [-0.25, -0.2) is 4.98 Å². The summed E-state index contributed by atoms with van der Waals surface area (Å²) in [6, 6.07) is 14.5. The maximum Gasteiger partial charge on any atom is 0.269 e. The number of nitrogens with one attached hydrogen (secondary N) is 1. The lowest BCUT2D eigenvalue weighted by atomic mass is 10.1. The molecule has 4 aromatic rings. The summed E-state index contributed by atoms with van der Waals surface area (Å²) in [5.41, 5.74) is 2.65. The van der Waals surface area contributed by atoms with Gasteiger partial charge in [0.25, 0.3) is 5.91 Å². The average molecular weight is 417 g/mol. The van der Waals surface area contributed by atoms with Crippen LogP contribution in [0.15, 0.2) is 59.1 Å². The predicted molar refractivity (Wildman–Crippen MR) is 112 cm³/mol. The minimum absolute atomic E-state index is 0.278. The van der Waals surface area contributed by atoms with Crippen molar-refractivity contribution in [3.05, 3.63) is 71.9 Å². The van der Waals surface area contributed by atoms with Gasteiger partial charge in [-0.15, -0.1) is 0 Å². The normalized spacial score (nSPS) is 12.5. The Bertz CT molecular complexity index is 1270. The standard InChI is InChI=1S/C23H19N3O5/c1-24-23(27)18-12-16(6-7-25-18)30-15-3-4-17-20(13-15)31-22(26-17)11-14-2-5-19-21(10-14)29-9-8-28-19/h2-7,10,12-13H,8-9,11H2,1H3,(H,24,27). The Morgan fingerprint density at radius 2 is 1.87 bits per heavy atom. The van der Waals surface area contributed by atoms with Crippen LogP contribution < -0.4 is 19.5 Å². The summed E-state index contributed by atoms with van der Waals surface area (Å²) in [7, 11) is 1.55. The van der Waals surface area contributed by atoms with Gasteiger partial charge in [-0.1, -0.05) is 6.07 Å². The molecule has 0 saturated carbocycles. The van der Waals surface area contributed by atoms with Gasteiger partial charge in [0.1, 0.15) is 35.9 Å². The number of pyridine rings is 1. The zero-order valence-corrected chi connectivity index (χ0v) is 16.8. The molecule has 3 heterocycles. The molecular formula is C23H19N3O5. The fraction of sp³-hybridized carbons (Fsp3) is 0.174. The quantitative estimate of drug-likeness (QED) is 0.528. The maximum atomic E-state index is 11.8. The van der Waals surface area contributed by atoms with E-state index in [1.54, 1.807) is 31.3 Å². The number of oxazole rings is 1. The molecule has 2 aromatic carbocycles. The smallest absolute Gasteiger partial charge is 0.269 e. The van der Waals surface area contributed by atoms with E-state index in [1.807, 2.05) is 24.3 Å². The summed E-state index contributed by atoms with van der Waals surface area (Å²) in [6.07, 6.45) is 2.06. The van der Waals surface area contributed by atoms with Crippen molar-refractivity contribution in [2.24, 2.45) is 0 Å². The van der Waals surface area contributed by atoms with Gasteiger partial charge in [0, 0.05) is 31.8 Å². The third-order valence-corrected chi connectivity index (χ3v) is 4.79. The molecule has 1 N–H and O–H groups in total. The van der Waals surface area contributed by atoms with Gasteiger partial charge in [0.2, 0.25) is 0 Å². The van der Waals surface area contributed by atoms with Crippen molar-refractivity contribution in [2.45, 2.75) is 6.42 Å². The summed E-state index contributed by atoms with van der Waals surface area (Å²) in [5.74, 6) is 2.89. The highest BCUT2D eigenvalue weighted by atomic mass is 16.6. The van der Waals surface area contributed by atoms with Gasteiger partial charge in [-0.2, -0.15) is 0 Å². The molecule has 31 heavy (non-hydrogen) atoms. The summed E-state index contributed by atoms with van der Waals surface area (Å²) in [5, 5.41) is 2.54. The van der Waals surface area contributed by atoms with Gasteiger partial charge < -0.3 is 23.9 Å². The summed E-state index contributed by atoms with van der Waals surface area (Å²) >= 11 is 0. The van der Waals surface area contributed by atoms with Crippen molar-refractivity contribution in [3.63, 3.8) is 0 Å². The minimum atomic E-state index is -0.278. The number of amides is 1. The van der Waals surface area contributed by atoms with Crippen LogP contribution in [-0.2, 0) is 6.42 Å². The highest BCUT2D eigenvalue weighted by Gasteiger charge is 2.14. The van der Waals surface area contributed by atoms with Crippen LogP contribution in [0, 0.1) is 0 Å². The van der Waals surface area contributed by atoms with Crippen LogP contribution in [0.25, 0.3) is 11.1 Å². The Balaban J connectivity index is 1.35. The number of hydrogen-bond acceptors (Lipinski definition) is 7. The minimum Gasteiger partial charge on any atom is -0.486 e. The molecule has 0 unspecified atom stereocenters. The first-order chi connectivity index (χ1) is 15.2. The number of benzene rings is 2. The van der Waals surface area contributed by atoms with Crippen molar-refractivity contribution in [1.29, 1.82) is 0 Å². The third-order valence-electron chi connectivity index (χ3n) is 4.79. The number of hydrogen-bond donors (Lipinski definition) is 1. The molecule has 8 nitrogen and oxygen atoms in total. The molecule has 156 valence electrons. The van der Waals surface area contributed by atoms with E-state index in [4.69, 9.17) is 18.6 Å². The molecule has 0 spiro atoms. The van der Waals surface area contributed by atoms with E-state index >= 15 is 0 Å². The van der Waals surface area contributed by atoms with Gasteiger partial charge >= 0.3 is 0 Å². The fourth-order valence-electron chi connectivity index (χ4n) is 3.33. The first kappa shape index (κ1) is 18.9. The lowest BCUT2D eigenvalue weighted by Gasteiger charge is -2.18. The predicted octanol–water partition coefficient (Wildman–Crippen LogP) is 3.74. The van der Waals surface area contributed by atoms with Crippen molar-refractivity contribution >= 4 is 17.0 Å². The molecule has 1 amide bonds. The van der Waals surface area contributed by atoms with Crippen molar-refractivity contribution < 1.29 is 23.4 Å². The largest absolute Gasteiger partial charge is 0.486 e. The Kier molecular flexibility index (Phi) is 4.87. The van der Waals surface area contributed by atoms with Gasteiger partial charge in [0.05, 0.1) is 0 Å². The van der Waals surface area contributed by atoms with Crippen LogP contribution in [0.3, 0.4) is 0 Å². The molecule has 0 aliphatic carbocycles. The lowest BCUT2D eigenvalue weighted by Crippen LogP contribution is -2.18. The van der Waals surface area contributed by atoms with E-state index in [1.165, 1.54) is 6.20 Å². The van der Waals surface area contributed by atoms with Crippen LogP contribution in [0.5, 0.6) is 23.0 Å². The number of rotatable bonds is 5. The summed E-state index contributed by atoms with van der Waals surface area (Å²) < 4.78 is 23.0. The van der Waals surface area contributed by atoms with Crippen LogP contribution in [0.1, 0.15) is 21.9 Å². The highest BCUT2D eigenvalue weighted by molar-refractivity contribution is 5.92. The van der Waals surface area contributed by atoms with E-state index in [0.717, 1.165) is 22.6 Å². The maximum absolute atomic E-state index is 11.8. The zero-order chi connectivity index (χ0) is 21.2. The number of nitrogens with zero attached hydrogens (tertiary/aromatic N) is 2. The average Bonchev–Trinajstić information content (AvgIpc) is 3.20. The van der Waals surface area contributed by atoms with Crippen LogP contribution >= 0.6 is 0 Å². The molecule has 8 heteroatoms. The Labute approximate surface area is 177 Å². The molecule has 0 atom stereocenters. The van der Waals surface area contributed by atoms with E-state index in [2.05, 4.69) is 15.3 Å². The number of carbonyl (C=O) groups is 1. The molecule has 1 aliphatic heterocycles. The molecule has 2 aromatic heterocycles. The Morgan fingerprint density at radius 1 is 1.03 bits per heavy atom. The zero-order valence-electron chi connectivity index (χ0n) is 16.8. The van der Waals surface area contributed by atoms with Crippen LogP contribution in [0.4, 0.5) is 0 Å². The van der Waals surface area contributed by atoms with Crippen LogP contribution in [0.2, 0.25) is 0 Å². The van der Waals surface area contributed by atoms with E-state index in [9.17, 15) is 4.79 Å². The molecular weight excluding hydrogens is 398 g/mol. The molecule has 1 aliphatic rings. The number of fused-ring (bicyclic) bond motifs is 2. The lowest BCUT2D eigenvalue weighted by molar-refractivity contribution is 0.0958. The molecule has 0 saturated heterocycles. The van der Waals surface area contributed by atoms with Gasteiger partial charge in [0.15, 0.2) is 23.0 Å². The van der Waals surface area contributed by atoms with Gasteiger partial charge in [-0.05, 0) is 35.9 Å². The number of ether oxygens (including phenoxy) is 3. The summed E-state index contributed by atoms with van der Waals surface area (Å²) in [4.78, 5) is 20.4. The highest BCUT2D eigenvalue weighted by Crippen LogP contribution is 2.32. The fourth-order valence-corrected chi connectivity index (χ4v) is 3.33. The second-order valence-electron chi connectivity index (χ2n) is 6.95.